The molecule has 228 valence electrons. The predicted molar refractivity (Wildman–Crippen MR) is 156 cm³/mol. The van der Waals surface area contributed by atoms with Crippen LogP contribution in [0.4, 0.5) is 21.0 Å². The fraction of sp³-hybridized carbons (Fsp3) is 0.407. The number of rotatable bonds is 8. The van der Waals surface area contributed by atoms with E-state index in [9.17, 15) is 34.6 Å². The molecule has 2 aromatic rings. The second-order valence-electron chi connectivity index (χ2n) is 10.1. The van der Waals surface area contributed by atoms with E-state index >= 15 is 0 Å². The fourth-order valence-corrected chi connectivity index (χ4v) is 5.18. The molecule has 2 heterocycles. The van der Waals surface area contributed by atoms with Crippen molar-refractivity contribution in [2.24, 2.45) is 4.99 Å². The highest BCUT2D eigenvalue weighted by Gasteiger charge is 2.42. The molecule has 2 fully saturated rings. The average molecular weight is 615 g/mol. The molecule has 2 saturated heterocycles. The Bertz CT molecular complexity index is 1400. The van der Waals surface area contributed by atoms with Crippen molar-refractivity contribution in [3.63, 3.8) is 0 Å². The maximum absolute atomic E-state index is 13.4. The fourth-order valence-electron chi connectivity index (χ4n) is 4.80. The van der Waals surface area contributed by atoms with Gasteiger partial charge in [-0.2, -0.15) is 12.6 Å². The number of ether oxygens (including phenoxy) is 2. The number of thiol groups is 1. The third kappa shape index (κ3) is 8.41. The summed E-state index contributed by atoms with van der Waals surface area (Å²) in [6.45, 7) is 2.37. The number of nitrogens with one attached hydrogen (secondary N) is 1. The standard InChI is InChI=1S/C27H30N6O9S/c1-17(29-26(35)41-15-18-2-6-21(7-3-18)32(37)38)28-20-10-11-30(13-20)25(34)24-12-23(43)14-31(24)27(36)42-16-19-4-8-22(9-5-19)33(39)40/h2-9,20,23-24,43H,10-16H2,1H3,(H,28,29,35)/t20-,23-,24-/m0/s1. The number of nitrogens with zero attached hydrogens (tertiary/aromatic N) is 5. The van der Waals surface area contributed by atoms with E-state index in [1.54, 1.807) is 11.8 Å². The molecule has 0 saturated carbocycles. The zero-order valence-electron chi connectivity index (χ0n) is 23.2. The van der Waals surface area contributed by atoms with Crippen LogP contribution >= 0.6 is 12.6 Å². The first kappa shape index (κ1) is 31.2. The van der Waals surface area contributed by atoms with Gasteiger partial charge in [-0.15, -0.1) is 0 Å². The van der Waals surface area contributed by atoms with E-state index in [1.807, 2.05) is 0 Å². The lowest BCUT2D eigenvalue weighted by Crippen LogP contribution is -2.47. The summed E-state index contributed by atoms with van der Waals surface area (Å²) in [6, 6.07) is 10.3. The second-order valence-corrected chi connectivity index (χ2v) is 10.8. The number of aliphatic imine (C=N–C) groups is 1. The van der Waals surface area contributed by atoms with E-state index in [0.717, 1.165) is 0 Å². The molecule has 1 N–H and O–H groups in total. The zero-order chi connectivity index (χ0) is 31.1. The van der Waals surface area contributed by atoms with Crippen molar-refractivity contribution in [1.29, 1.82) is 0 Å². The Balaban J connectivity index is 1.25. The van der Waals surface area contributed by atoms with Crippen molar-refractivity contribution in [3.8, 4) is 0 Å². The monoisotopic (exact) mass is 614 g/mol. The lowest BCUT2D eigenvalue weighted by Gasteiger charge is -2.27. The Hall–Kier alpha value is -4.73. The average Bonchev–Trinajstić information content (AvgIpc) is 3.61. The van der Waals surface area contributed by atoms with Crippen LogP contribution in [0.5, 0.6) is 0 Å². The maximum atomic E-state index is 13.4. The van der Waals surface area contributed by atoms with Crippen LogP contribution in [0.25, 0.3) is 0 Å². The molecule has 3 atom stereocenters. The number of non-ortho nitro benzene ring substituents is 2. The van der Waals surface area contributed by atoms with Crippen molar-refractivity contribution in [2.75, 3.05) is 19.6 Å². The summed E-state index contributed by atoms with van der Waals surface area (Å²) in [7, 11) is 0. The van der Waals surface area contributed by atoms with Gasteiger partial charge in [0.25, 0.3) is 11.4 Å². The Kier molecular flexibility index (Phi) is 10.1. The van der Waals surface area contributed by atoms with Crippen LogP contribution < -0.4 is 5.32 Å². The molecule has 16 heteroatoms. The van der Waals surface area contributed by atoms with Crippen molar-refractivity contribution < 1.29 is 33.7 Å². The van der Waals surface area contributed by atoms with Gasteiger partial charge in [0.2, 0.25) is 5.91 Å². The number of hydrogen-bond donors (Lipinski definition) is 2. The van der Waals surface area contributed by atoms with Crippen LogP contribution in [0.3, 0.4) is 0 Å². The normalized spacial score (nSPS) is 20.0. The van der Waals surface area contributed by atoms with Crippen molar-refractivity contribution in [3.05, 3.63) is 79.9 Å². The molecule has 0 aliphatic carbocycles. The number of likely N-dealkylation sites (tertiary alicyclic amines) is 2. The smallest absolute Gasteiger partial charge is 0.412 e. The number of hydrogen-bond acceptors (Lipinski definition) is 11. The lowest BCUT2D eigenvalue weighted by molar-refractivity contribution is -0.385. The van der Waals surface area contributed by atoms with Crippen molar-refractivity contribution in [2.45, 2.75) is 50.3 Å². The summed E-state index contributed by atoms with van der Waals surface area (Å²) in [5, 5.41) is 23.9. The molecule has 2 aliphatic rings. The zero-order valence-corrected chi connectivity index (χ0v) is 24.1. The van der Waals surface area contributed by atoms with E-state index in [1.165, 1.54) is 53.4 Å². The number of amides is 3. The first-order valence-electron chi connectivity index (χ1n) is 13.3. The summed E-state index contributed by atoms with van der Waals surface area (Å²) in [6.07, 6.45) is -0.488. The number of carbonyl (C=O) groups excluding carboxylic acids is 3. The SMILES string of the molecule is CC(=N[C@H]1CCN(C(=O)[C@@H]2C[C@H](S)CN2C(=O)OCc2ccc([N+](=O)[O-])cc2)C1)NC(=O)OCc1ccc([N+](=O)[O-])cc1. The molecule has 0 radical (unpaired) electrons. The van der Waals surface area contributed by atoms with Crippen molar-refractivity contribution in [1.82, 2.24) is 15.1 Å². The Labute approximate surface area is 251 Å². The van der Waals surface area contributed by atoms with Crippen molar-refractivity contribution >= 4 is 47.9 Å². The van der Waals surface area contributed by atoms with Crippen LogP contribution in [0.15, 0.2) is 53.5 Å². The molecule has 0 unspecified atom stereocenters. The third-order valence-electron chi connectivity index (χ3n) is 6.96. The predicted octanol–water partition coefficient (Wildman–Crippen LogP) is 3.46. The largest absolute Gasteiger partial charge is 0.445 e. The maximum Gasteiger partial charge on any atom is 0.412 e. The van der Waals surface area contributed by atoms with E-state index in [-0.39, 0.29) is 48.3 Å². The molecule has 3 amide bonds. The van der Waals surface area contributed by atoms with Crippen LogP contribution in [0.2, 0.25) is 0 Å². The quantitative estimate of drug-likeness (QED) is 0.148. The van der Waals surface area contributed by atoms with Gasteiger partial charge in [-0.1, -0.05) is 0 Å². The molecule has 4 rings (SSSR count). The summed E-state index contributed by atoms with van der Waals surface area (Å²) in [5.41, 5.74) is 1.02. The molecule has 0 aromatic heterocycles. The van der Waals surface area contributed by atoms with E-state index in [2.05, 4.69) is 22.9 Å². The molecular formula is C27H30N6O9S. The highest BCUT2D eigenvalue weighted by molar-refractivity contribution is 7.81. The second kappa shape index (κ2) is 14.0. The van der Waals surface area contributed by atoms with Gasteiger partial charge in [-0.25, -0.2) is 9.59 Å². The minimum absolute atomic E-state index is 0.0639. The first-order valence-corrected chi connectivity index (χ1v) is 13.9. The third-order valence-corrected chi connectivity index (χ3v) is 7.33. The van der Waals surface area contributed by atoms with Crippen LogP contribution in [0, 0.1) is 20.2 Å². The Morgan fingerprint density at radius 1 is 0.953 bits per heavy atom. The Morgan fingerprint density at radius 3 is 2.07 bits per heavy atom. The van der Waals surface area contributed by atoms with Gasteiger partial charge in [0.05, 0.1) is 15.9 Å². The first-order chi connectivity index (χ1) is 20.5. The summed E-state index contributed by atoms with van der Waals surface area (Å²) >= 11 is 4.47. The van der Waals surface area contributed by atoms with Gasteiger partial charge in [0.15, 0.2) is 0 Å². The number of nitro groups is 2. The molecule has 0 spiro atoms. The van der Waals surface area contributed by atoms with E-state index in [4.69, 9.17) is 9.47 Å². The number of benzene rings is 2. The number of amidine groups is 1. The summed E-state index contributed by atoms with van der Waals surface area (Å²) < 4.78 is 10.5. The molecule has 0 bridgehead atoms. The number of carbonyl (C=O) groups is 3. The highest BCUT2D eigenvalue weighted by atomic mass is 32.1. The lowest BCUT2D eigenvalue weighted by atomic mass is 10.2. The van der Waals surface area contributed by atoms with Gasteiger partial charge in [-0.3, -0.25) is 40.2 Å². The van der Waals surface area contributed by atoms with Gasteiger partial charge < -0.3 is 14.4 Å². The highest BCUT2D eigenvalue weighted by Crippen LogP contribution is 2.27. The van der Waals surface area contributed by atoms with Crippen LogP contribution in [-0.4, -0.2) is 80.5 Å². The molecule has 2 aromatic carbocycles. The number of alkyl carbamates (subject to hydrolysis) is 1. The minimum atomic E-state index is -0.747. The van der Waals surface area contributed by atoms with Gasteiger partial charge in [0.1, 0.15) is 25.1 Å². The molecular weight excluding hydrogens is 584 g/mol. The van der Waals surface area contributed by atoms with Gasteiger partial charge in [0, 0.05) is 49.1 Å². The minimum Gasteiger partial charge on any atom is -0.445 e. The number of nitro benzene ring substituents is 2. The van der Waals surface area contributed by atoms with E-state index in [0.29, 0.717) is 42.9 Å². The van der Waals surface area contributed by atoms with Gasteiger partial charge >= 0.3 is 12.2 Å². The van der Waals surface area contributed by atoms with Gasteiger partial charge in [-0.05, 0) is 55.2 Å². The summed E-state index contributed by atoms with van der Waals surface area (Å²) in [5.74, 6) is 0.0652. The van der Waals surface area contributed by atoms with Crippen LogP contribution in [-0.2, 0) is 27.5 Å². The van der Waals surface area contributed by atoms with E-state index < -0.39 is 28.1 Å². The molecule has 15 nitrogen and oxygen atoms in total. The summed E-state index contributed by atoms with van der Waals surface area (Å²) in [4.78, 5) is 66.4. The van der Waals surface area contributed by atoms with Crippen LogP contribution in [0.1, 0.15) is 30.9 Å². The molecule has 43 heavy (non-hydrogen) atoms. The Morgan fingerprint density at radius 2 is 1.51 bits per heavy atom. The molecule has 2 aliphatic heterocycles. The topological polar surface area (TPSA) is 187 Å².